The number of nitrogens with two attached hydrogens (primary N) is 1. The van der Waals surface area contributed by atoms with E-state index in [1.807, 2.05) is 6.92 Å². The molecule has 0 saturated carbocycles. The lowest BCUT2D eigenvalue weighted by Crippen LogP contribution is -2.50. The van der Waals surface area contributed by atoms with Crippen molar-refractivity contribution in [3.05, 3.63) is 112 Å². The molecule has 7 aromatic heterocycles. The van der Waals surface area contributed by atoms with Crippen LogP contribution in [0, 0.1) is 12.8 Å². The monoisotopic (exact) mass is 1090 g/mol. The lowest BCUT2D eigenvalue weighted by atomic mass is 10.0. The van der Waals surface area contributed by atoms with Crippen LogP contribution in [0.2, 0.25) is 0 Å². The first kappa shape index (κ1) is 49.3. The molecule has 2 aliphatic heterocycles. The van der Waals surface area contributed by atoms with Crippen molar-refractivity contribution in [3.8, 4) is 49.1 Å². The van der Waals surface area contributed by atoms with Crippen molar-refractivity contribution in [1.82, 2.24) is 55.7 Å². The van der Waals surface area contributed by atoms with E-state index in [1.165, 1.54) is 55.8 Å². The van der Waals surface area contributed by atoms with Crippen LogP contribution in [0.3, 0.4) is 0 Å². The summed E-state index contributed by atoms with van der Waals surface area (Å²) in [6.45, 7) is 3.35. The van der Waals surface area contributed by atoms with Crippen molar-refractivity contribution in [3.63, 3.8) is 0 Å². The molecule has 0 radical (unpaired) electrons. The van der Waals surface area contributed by atoms with Crippen molar-refractivity contribution in [2.24, 2.45) is 11.7 Å². The number of nitrogens with one attached hydrogen (secondary N) is 3. The second-order valence-electron chi connectivity index (χ2n) is 16.8. The van der Waals surface area contributed by atoms with Crippen LogP contribution in [0.15, 0.2) is 63.3 Å². The second kappa shape index (κ2) is 20.3. The smallest absolute Gasteiger partial charge is 0.355 e. The van der Waals surface area contributed by atoms with Crippen molar-refractivity contribution in [2.45, 2.75) is 57.5 Å². The van der Waals surface area contributed by atoms with Crippen molar-refractivity contribution in [1.29, 1.82) is 0 Å². The molecule has 73 heavy (non-hydrogen) atoms. The Kier molecular flexibility index (Phi) is 13.7. The van der Waals surface area contributed by atoms with E-state index in [2.05, 4.69) is 35.9 Å². The SMILES string of the molecule is Cc1sc2nc1C(=O)NCc1nc(cs1)C(=O)N[C@@H](Cc1ccc(O)cc1)C(=O)N1C[C@H](O)[C@H](C)[C@H]1c1nc(cs1)-c1nc(cs1)-c1nc(-c3nc(C(=O)O)cs3)ccc1-c1nc(cs1)C(=O)N[C@H]2CC(N)=O. The van der Waals surface area contributed by atoms with E-state index < -0.39 is 65.7 Å². The number of hydrogen-bond acceptors (Lipinski definition) is 21. The maximum atomic E-state index is 14.8. The third kappa shape index (κ3) is 10.2. The third-order valence-corrected chi connectivity index (χ3v) is 17.3. The Morgan fingerprint density at radius 1 is 0.712 bits per heavy atom. The van der Waals surface area contributed by atoms with Crippen LogP contribution in [0.1, 0.15) is 92.8 Å². The van der Waals surface area contributed by atoms with Gasteiger partial charge in [-0.2, -0.15) is 0 Å². The lowest BCUT2D eigenvalue weighted by molar-refractivity contribution is -0.134. The fourth-order valence-corrected chi connectivity index (χ4v) is 13.3. The van der Waals surface area contributed by atoms with Gasteiger partial charge in [0.25, 0.3) is 17.7 Å². The molecule has 9 heterocycles. The molecule has 5 atom stereocenters. The molecule has 0 unspecified atom stereocenters. The highest BCUT2D eigenvalue weighted by molar-refractivity contribution is 7.15. The quantitative estimate of drug-likeness (QED) is 0.105. The van der Waals surface area contributed by atoms with Crippen LogP contribution < -0.4 is 21.7 Å². The van der Waals surface area contributed by atoms with Crippen LogP contribution in [-0.2, 0) is 22.6 Å². The van der Waals surface area contributed by atoms with Gasteiger partial charge in [-0.1, -0.05) is 19.1 Å². The number of primary amides is 1. The predicted octanol–water partition coefficient (Wildman–Crippen LogP) is 5.71. The normalized spacial score (nSPS) is 19.4. The van der Waals surface area contributed by atoms with Crippen molar-refractivity contribution < 1.29 is 44.1 Å². The summed E-state index contributed by atoms with van der Waals surface area (Å²) in [5.74, 6) is -4.76. The Labute approximate surface area is 437 Å². The summed E-state index contributed by atoms with van der Waals surface area (Å²) in [5, 5.41) is 49.7. The summed E-state index contributed by atoms with van der Waals surface area (Å²) in [5.41, 5.74) is 8.21. The zero-order valence-electron chi connectivity index (χ0n) is 38.0. The third-order valence-electron chi connectivity index (χ3n) is 11.9. The van der Waals surface area contributed by atoms with Gasteiger partial charge in [0.05, 0.1) is 36.8 Å². The maximum Gasteiger partial charge on any atom is 0.355 e. The summed E-state index contributed by atoms with van der Waals surface area (Å²) in [6, 6.07) is 6.74. The number of aromatic nitrogens is 7. The molecule has 1 aromatic carbocycles. The van der Waals surface area contributed by atoms with E-state index in [-0.39, 0.29) is 59.5 Å². The molecule has 8 aromatic rings. The highest BCUT2D eigenvalue weighted by atomic mass is 32.1. The van der Waals surface area contributed by atoms with Crippen molar-refractivity contribution in [2.75, 3.05) is 6.54 Å². The molecule has 10 bridgehead atoms. The number of hydrogen-bond donors (Lipinski definition) is 7. The molecule has 1 saturated heterocycles. The number of benzene rings is 1. The lowest BCUT2D eigenvalue weighted by Gasteiger charge is -2.29. The Morgan fingerprint density at radius 2 is 1.38 bits per heavy atom. The Hall–Kier alpha value is -7.27. The highest BCUT2D eigenvalue weighted by Crippen LogP contribution is 2.42. The second-order valence-corrected chi connectivity index (χ2v) is 22.4. The minimum absolute atomic E-state index is 0.00153. The summed E-state index contributed by atoms with van der Waals surface area (Å²) < 4.78 is 0. The minimum atomic E-state index is -1.20. The molecule has 5 amide bonds. The number of phenolic OH excluding ortho intramolecular Hbond substituents is 1. The molecule has 10 rings (SSSR count). The van der Waals surface area contributed by atoms with Crippen LogP contribution in [-0.4, -0.2) is 109 Å². The zero-order valence-corrected chi connectivity index (χ0v) is 42.9. The van der Waals surface area contributed by atoms with E-state index in [0.29, 0.717) is 63.8 Å². The zero-order chi connectivity index (χ0) is 51.2. The number of thiazole rings is 6. The number of aromatic hydroxyl groups is 1. The van der Waals surface area contributed by atoms with Gasteiger partial charge in [0.1, 0.15) is 76.0 Å². The summed E-state index contributed by atoms with van der Waals surface area (Å²) in [7, 11) is 0. The van der Waals surface area contributed by atoms with E-state index >= 15 is 0 Å². The summed E-state index contributed by atoms with van der Waals surface area (Å²) in [6.07, 6.45) is -1.25. The number of phenols is 1. The first-order valence-electron chi connectivity index (χ1n) is 22.0. The molecule has 1 fully saturated rings. The standard InChI is InChI=1S/C46H38N12O9S6/c1-18-31(60)12-58-36(18)44-55-29(16-72-44)42-53-26(13-70-42)35-22(7-8-23(50-35)41-56-30(17-71-41)46(66)67)40-54-28(15-69-40)38(63)51-24(10-32(47)61)43-57-34(19(2)73-43)39(64)48-11-33-49-27(14-68-33)37(62)52-25(45(58)65)9-20-3-5-21(59)6-4-20/h3-8,13-18,24-25,31,36,59-60H,9-12H2,1-2H3,(H2,47,61)(H,48,64)(H,51,63)(H,52,62)(H,66,67)/t18-,24-,25-,31-,36-/m0/s1. The Bertz CT molecular complexity index is 3470. The van der Waals surface area contributed by atoms with Gasteiger partial charge >= 0.3 is 5.97 Å². The molecular weight excluding hydrogens is 1060 g/mol. The largest absolute Gasteiger partial charge is 0.508 e. The molecular formula is C46H38N12O9S6. The number of pyridine rings is 1. The number of aliphatic hydroxyl groups is 1. The van der Waals surface area contributed by atoms with Crippen molar-refractivity contribution >= 4 is 104 Å². The number of carbonyl (C=O) groups excluding carboxylic acids is 5. The molecule has 372 valence electrons. The summed E-state index contributed by atoms with van der Waals surface area (Å²) in [4.78, 5) is 115. The molecule has 0 spiro atoms. The number of carbonyl (C=O) groups is 6. The van der Waals surface area contributed by atoms with Gasteiger partial charge < -0.3 is 41.9 Å². The Morgan fingerprint density at radius 3 is 2.14 bits per heavy atom. The number of carboxylic acid groups (broad SMARTS) is 1. The van der Waals surface area contributed by atoms with Gasteiger partial charge in [-0.25, -0.2) is 39.7 Å². The molecule has 0 aliphatic carbocycles. The molecule has 21 nitrogen and oxygen atoms in total. The molecule has 27 heteroatoms. The van der Waals surface area contributed by atoms with Gasteiger partial charge in [-0.3, -0.25) is 24.0 Å². The number of carboxylic acids is 1. The van der Waals surface area contributed by atoms with Crippen LogP contribution >= 0.6 is 68.0 Å². The van der Waals surface area contributed by atoms with E-state index in [4.69, 9.17) is 20.7 Å². The van der Waals surface area contributed by atoms with Crippen LogP contribution in [0.25, 0.3) is 43.4 Å². The predicted molar refractivity (Wildman–Crippen MR) is 272 cm³/mol. The number of aliphatic hydroxyl groups excluding tert-OH is 1. The molecule has 2 aliphatic rings. The summed E-state index contributed by atoms with van der Waals surface area (Å²) >= 11 is 7.00. The van der Waals surface area contributed by atoms with Crippen LogP contribution in [0.4, 0.5) is 0 Å². The van der Waals surface area contributed by atoms with Gasteiger partial charge in [0, 0.05) is 56.2 Å². The maximum absolute atomic E-state index is 14.8. The Balaban J connectivity index is 1.05. The number of rotatable bonds is 6. The number of nitrogens with zero attached hydrogens (tertiary/aromatic N) is 8. The highest BCUT2D eigenvalue weighted by Gasteiger charge is 2.45. The average molecular weight is 1100 g/mol. The number of aromatic carboxylic acids is 1. The van der Waals surface area contributed by atoms with Crippen LogP contribution in [0.5, 0.6) is 5.75 Å². The number of fused-ring (bicyclic) bond motifs is 16. The number of amides is 5. The minimum Gasteiger partial charge on any atom is -0.508 e. The van der Waals surface area contributed by atoms with E-state index in [9.17, 15) is 44.1 Å². The van der Waals surface area contributed by atoms with Gasteiger partial charge in [-0.05, 0) is 36.8 Å². The fourth-order valence-electron chi connectivity index (χ4n) is 8.17. The van der Waals surface area contributed by atoms with Gasteiger partial charge in [0.15, 0.2) is 5.69 Å². The fraction of sp³-hybridized carbons (Fsp3) is 0.239. The topological polar surface area (TPSA) is 319 Å². The van der Waals surface area contributed by atoms with E-state index in [1.54, 1.807) is 41.9 Å². The van der Waals surface area contributed by atoms with Gasteiger partial charge in [0.2, 0.25) is 11.8 Å². The first-order valence-corrected chi connectivity index (χ1v) is 27.2. The first-order chi connectivity index (χ1) is 35.1. The number of aryl methyl sites for hydroxylation is 1. The average Bonchev–Trinajstić information content (AvgIpc) is 4.23. The van der Waals surface area contributed by atoms with E-state index in [0.717, 1.165) is 45.3 Å². The molecule has 8 N–H and O–H groups in total. The van der Waals surface area contributed by atoms with Gasteiger partial charge in [-0.15, -0.1) is 68.0 Å².